The molecule has 0 amide bonds. The third-order valence-corrected chi connectivity index (χ3v) is 4.72. The van der Waals surface area contributed by atoms with Crippen LogP contribution in [0.2, 0.25) is 0 Å². The molecule has 6 heteroatoms. The first-order chi connectivity index (χ1) is 7.73. The van der Waals surface area contributed by atoms with Crippen molar-refractivity contribution in [3.63, 3.8) is 0 Å². The van der Waals surface area contributed by atoms with Crippen LogP contribution in [0.5, 0.6) is 0 Å². The Hall–Kier alpha value is -0.170. The molecule has 0 fully saturated rings. The number of likely N-dealkylation sites (N-methyl/N-ethyl adjacent to an activating group) is 1. The van der Waals surface area contributed by atoms with Gasteiger partial charge in [-0.25, -0.2) is 8.42 Å². The fraction of sp³-hybridized carbons (Fsp3) is 1.00. The van der Waals surface area contributed by atoms with Crippen molar-refractivity contribution in [2.24, 2.45) is 5.84 Å². The molecule has 0 bridgehead atoms. The molecule has 5 nitrogen and oxygen atoms in total. The summed E-state index contributed by atoms with van der Waals surface area (Å²) < 4.78 is 22.5. The lowest BCUT2D eigenvalue weighted by atomic mass is 9.82. The number of hydrazine groups is 1. The number of sulfone groups is 1. The van der Waals surface area contributed by atoms with Gasteiger partial charge in [-0.2, -0.15) is 0 Å². The molecule has 1 unspecified atom stereocenters. The Bertz CT molecular complexity index is 311. The van der Waals surface area contributed by atoms with Crippen LogP contribution in [0.1, 0.15) is 33.1 Å². The van der Waals surface area contributed by atoms with Crippen molar-refractivity contribution in [1.29, 1.82) is 0 Å². The van der Waals surface area contributed by atoms with Crippen LogP contribution in [0, 0.1) is 0 Å². The number of nitrogens with one attached hydrogen (secondary N) is 1. The Kier molecular flexibility index (Phi) is 6.61. The van der Waals surface area contributed by atoms with Gasteiger partial charge < -0.3 is 4.90 Å². The van der Waals surface area contributed by atoms with Gasteiger partial charge in [-0.1, -0.05) is 13.8 Å². The fourth-order valence-electron chi connectivity index (χ4n) is 2.53. The van der Waals surface area contributed by atoms with Gasteiger partial charge in [-0.05, 0) is 33.4 Å². The van der Waals surface area contributed by atoms with Gasteiger partial charge >= 0.3 is 0 Å². The van der Waals surface area contributed by atoms with Gasteiger partial charge in [-0.3, -0.25) is 11.3 Å². The van der Waals surface area contributed by atoms with E-state index in [-0.39, 0.29) is 17.3 Å². The van der Waals surface area contributed by atoms with Crippen LogP contribution in [0.15, 0.2) is 0 Å². The second kappa shape index (κ2) is 6.68. The number of hydrogen-bond donors (Lipinski definition) is 2. The monoisotopic (exact) mass is 265 g/mol. The molecule has 0 aromatic rings. The highest BCUT2D eigenvalue weighted by Crippen LogP contribution is 2.27. The first-order valence-corrected chi connectivity index (χ1v) is 8.10. The lowest BCUT2D eigenvalue weighted by molar-refractivity contribution is 0.0867. The maximum Gasteiger partial charge on any atom is 0.147 e. The van der Waals surface area contributed by atoms with Crippen LogP contribution < -0.4 is 11.3 Å². The van der Waals surface area contributed by atoms with Gasteiger partial charge in [0.2, 0.25) is 0 Å². The molecule has 0 aliphatic rings. The molecule has 0 saturated heterocycles. The van der Waals surface area contributed by atoms with Crippen molar-refractivity contribution in [3.05, 3.63) is 0 Å². The average molecular weight is 265 g/mol. The Labute approximate surface area is 106 Å². The summed E-state index contributed by atoms with van der Waals surface area (Å²) in [6, 6.07) is -0.0257. The van der Waals surface area contributed by atoms with Crippen molar-refractivity contribution in [2.75, 3.05) is 26.1 Å². The summed E-state index contributed by atoms with van der Waals surface area (Å²) in [7, 11) is 1.08. The van der Waals surface area contributed by atoms with Crippen LogP contribution in [0.3, 0.4) is 0 Å². The van der Waals surface area contributed by atoms with E-state index in [1.165, 1.54) is 6.26 Å². The predicted molar refractivity (Wildman–Crippen MR) is 72.4 cm³/mol. The van der Waals surface area contributed by atoms with E-state index < -0.39 is 9.84 Å². The Morgan fingerprint density at radius 1 is 1.29 bits per heavy atom. The van der Waals surface area contributed by atoms with E-state index >= 15 is 0 Å². The lowest BCUT2D eigenvalue weighted by Crippen LogP contribution is -2.60. The van der Waals surface area contributed by atoms with E-state index in [4.69, 9.17) is 5.84 Å². The molecule has 1 atom stereocenters. The molecule has 0 aromatic carbocycles. The van der Waals surface area contributed by atoms with Crippen molar-refractivity contribution >= 4 is 9.84 Å². The summed E-state index contributed by atoms with van der Waals surface area (Å²) in [5, 5.41) is 0. The van der Waals surface area contributed by atoms with Crippen molar-refractivity contribution < 1.29 is 8.42 Å². The standard InChI is InChI=1S/C11H27N3O2S/c1-6-11(7-2,14(3)4)10(13-12)8-9-17(5,15)16/h10,13H,6-9,12H2,1-5H3. The first kappa shape index (κ1) is 16.8. The third-order valence-electron chi connectivity index (χ3n) is 3.74. The first-order valence-electron chi connectivity index (χ1n) is 6.04. The molecular formula is C11H27N3O2S. The second-order valence-electron chi connectivity index (χ2n) is 4.84. The topological polar surface area (TPSA) is 75.4 Å². The fourth-order valence-corrected chi connectivity index (χ4v) is 3.19. The minimum atomic E-state index is -2.95. The van der Waals surface area contributed by atoms with E-state index in [0.717, 1.165) is 12.8 Å². The van der Waals surface area contributed by atoms with Crippen LogP contribution >= 0.6 is 0 Å². The lowest BCUT2D eigenvalue weighted by Gasteiger charge is -2.45. The zero-order chi connectivity index (χ0) is 13.7. The SMILES string of the molecule is CCC(CC)(C(CCS(C)(=O)=O)NN)N(C)C. The summed E-state index contributed by atoms with van der Waals surface area (Å²) in [6.45, 7) is 4.21. The number of nitrogens with two attached hydrogens (primary N) is 1. The van der Waals surface area contributed by atoms with E-state index in [9.17, 15) is 8.42 Å². The minimum Gasteiger partial charge on any atom is -0.302 e. The molecule has 17 heavy (non-hydrogen) atoms. The molecule has 0 aliphatic heterocycles. The van der Waals surface area contributed by atoms with Gasteiger partial charge in [0.15, 0.2) is 0 Å². The molecule has 0 spiro atoms. The zero-order valence-corrected chi connectivity index (χ0v) is 12.5. The van der Waals surface area contributed by atoms with E-state index in [1.807, 2.05) is 14.1 Å². The maximum absolute atomic E-state index is 11.2. The Morgan fingerprint density at radius 2 is 1.76 bits per heavy atom. The molecule has 0 saturated carbocycles. The van der Waals surface area contributed by atoms with E-state index in [2.05, 4.69) is 24.2 Å². The number of nitrogens with zero attached hydrogens (tertiary/aromatic N) is 1. The van der Waals surface area contributed by atoms with Gasteiger partial charge in [0.1, 0.15) is 9.84 Å². The number of rotatable bonds is 8. The minimum absolute atomic E-state index is 0.0257. The third kappa shape index (κ3) is 4.54. The summed E-state index contributed by atoms with van der Waals surface area (Å²) in [4.78, 5) is 2.14. The van der Waals surface area contributed by atoms with Crippen molar-refractivity contribution in [3.8, 4) is 0 Å². The molecule has 0 aliphatic carbocycles. The summed E-state index contributed by atoms with van der Waals surface area (Å²) in [5.74, 6) is 5.77. The quantitative estimate of drug-likeness (QED) is 0.490. The summed E-state index contributed by atoms with van der Waals surface area (Å²) >= 11 is 0. The molecular weight excluding hydrogens is 238 g/mol. The van der Waals surface area contributed by atoms with E-state index in [1.54, 1.807) is 0 Å². The highest BCUT2D eigenvalue weighted by Gasteiger charge is 2.37. The smallest absolute Gasteiger partial charge is 0.147 e. The van der Waals surface area contributed by atoms with Crippen molar-refractivity contribution in [1.82, 2.24) is 10.3 Å². The summed E-state index contributed by atoms with van der Waals surface area (Å²) in [5.41, 5.74) is 2.69. The zero-order valence-electron chi connectivity index (χ0n) is 11.7. The largest absolute Gasteiger partial charge is 0.302 e. The molecule has 104 valence electrons. The number of hydrogen-bond acceptors (Lipinski definition) is 5. The van der Waals surface area contributed by atoms with Crippen molar-refractivity contribution in [2.45, 2.75) is 44.7 Å². The average Bonchev–Trinajstić information content (AvgIpc) is 2.22. The van der Waals surface area contributed by atoms with Gasteiger partial charge in [-0.15, -0.1) is 0 Å². The molecule has 3 N–H and O–H groups in total. The van der Waals surface area contributed by atoms with Crippen LogP contribution in [-0.4, -0.2) is 51.0 Å². The second-order valence-corrected chi connectivity index (χ2v) is 7.10. The van der Waals surface area contributed by atoms with Gasteiger partial charge in [0, 0.05) is 17.8 Å². The molecule has 0 heterocycles. The van der Waals surface area contributed by atoms with Crippen LogP contribution in [0.4, 0.5) is 0 Å². The molecule has 0 aromatic heterocycles. The Balaban J connectivity index is 4.92. The molecule has 0 rings (SSSR count). The van der Waals surface area contributed by atoms with Gasteiger partial charge in [0.05, 0.1) is 5.75 Å². The van der Waals surface area contributed by atoms with E-state index in [0.29, 0.717) is 6.42 Å². The van der Waals surface area contributed by atoms with Crippen LogP contribution in [0.25, 0.3) is 0 Å². The highest BCUT2D eigenvalue weighted by molar-refractivity contribution is 7.90. The predicted octanol–water partition coefficient (Wildman–Crippen LogP) is 0.373. The highest BCUT2D eigenvalue weighted by atomic mass is 32.2. The summed E-state index contributed by atoms with van der Waals surface area (Å²) in [6.07, 6.45) is 3.65. The Morgan fingerprint density at radius 3 is 2.00 bits per heavy atom. The van der Waals surface area contributed by atoms with Gasteiger partial charge in [0.25, 0.3) is 0 Å². The maximum atomic E-state index is 11.2. The normalized spacial score (nSPS) is 15.2. The van der Waals surface area contributed by atoms with Crippen LogP contribution in [-0.2, 0) is 9.84 Å². The molecule has 0 radical (unpaired) electrons.